The van der Waals surface area contributed by atoms with E-state index in [9.17, 15) is 0 Å². The molecule has 0 heterocycles. The van der Waals surface area contributed by atoms with Crippen molar-refractivity contribution >= 4 is 0 Å². The fourth-order valence-corrected chi connectivity index (χ4v) is 3.63. The molecule has 0 unspecified atom stereocenters. The van der Waals surface area contributed by atoms with Crippen LogP contribution in [0.5, 0.6) is 0 Å². The molecule has 0 spiro atoms. The van der Waals surface area contributed by atoms with Gasteiger partial charge in [-0.05, 0) is 38.5 Å². The van der Waals surface area contributed by atoms with Crippen molar-refractivity contribution in [2.24, 2.45) is 51.6 Å². The highest BCUT2D eigenvalue weighted by molar-refractivity contribution is 4.68. The smallest absolute Gasteiger partial charge is 0.115 e. The molecule has 0 saturated carbocycles. The average Bonchev–Trinajstić information content (AvgIpc) is 2.74. The Hall–Kier alpha value is -0.360. The molecule has 36 heavy (non-hydrogen) atoms. The highest BCUT2D eigenvalue weighted by Gasteiger charge is 2.11. The third kappa shape index (κ3) is 50.5. The van der Waals surface area contributed by atoms with Crippen molar-refractivity contribution in [3.8, 4) is 0 Å². The van der Waals surface area contributed by atoms with Gasteiger partial charge in [-0.1, -0.05) is 117 Å². The number of unbranched alkanes of at least 4 members (excludes halogenated alkanes) is 15. The van der Waals surface area contributed by atoms with E-state index in [4.69, 9.17) is 51.6 Å². The molecule has 0 rings (SSSR count). The van der Waals surface area contributed by atoms with Gasteiger partial charge in [-0.3, -0.25) is 0 Å². The van der Waals surface area contributed by atoms with E-state index in [2.05, 4.69) is 20.8 Å². The van der Waals surface area contributed by atoms with Gasteiger partial charge in [0.15, 0.2) is 0 Å². The van der Waals surface area contributed by atoms with Gasteiger partial charge in [0, 0.05) is 0 Å². The van der Waals surface area contributed by atoms with Gasteiger partial charge >= 0.3 is 0 Å². The van der Waals surface area contributed by atoms with Crippen LogP contribution in [0.4, 0.5) is 0 Å². The summed E-state index contributed by atoms with van der Waals surface area (Å²) >= 11 is 0. The average molecular weight is 520 g/mol. The molecule has 0 bridgehead atoms. The molecular formula is C27H69N9. The predicted molar refractivity (Wildman–Crippen MR) is 160 cm³/mol. The minimum atomic E-state index is -0.954. The lowest BCUT2D eigenvalue weighted by atomic mass is 10.1. The van der Waals surface area contributed by atoms with Crippen LogP contribution in [-0.2, 0) is 0 Å². The molecule has 18 N–H and O–H groups in total. The first kappa shape index (κ1) is 40.1. The van der Waals surface area contributed by atoms with Gasteiger partial charge in [-0.2, -0.15) is 0 Å². The molecule has 0 saturated heterocycles. The number of rotatable bonds is 21. The van der Waals surface area contributed by atoms with E-state index in [1.165, 1.54) is 96.3 Å². The Kier molecular flexibility index (Phi) is 29.3. The molecule has 0 aromatic carbocycles. The fraction of sp³-hybridized carbons (Fsp3) is 1.00. The molecule has 0 fully saturated rings. The van der Waals surface area contributed by atoms with Crippen molar-refractivity contribution in [2.75, 3.05) is 0 Å². The van der Waals surface area contributed by atoms with E-state index in [1.807, 2.05) is 0 Å². The van der Waals surface area contributed by atoms with Crippen LogP contribution in [-0.4, -0.2) is 17.4 Å². The van der Waals surface area contributed by atoms with E-state index in [0.29, 0.717) is 0 Å². The molecule has 9 heteroatoms. The second-order valence-corrected chi connectivity index (χ2v) is 10.9. The van der Waals surface area contributed by atoms with Crippen LogP contribution in [0, 0.1) is 0 Å². The van der Waals surface area contributed by atoms with Crippen LogP contribution < -0.4 is 51.6 Å². The third-order valence-electron chi connectivity index (χ3n) is 5.89. The lowest BCUT2D eigenvalue weighted by Gasteiger charge is -2.17. The summed E-state index contributed by atoms with van der Waals surface area (Å²) in [5.41, 5.74) is 48.9. The lowest BCUT2D eigenvalue weighted by Crippen LogP contribution is -2.57. The Bertz CT molecular complexity index is 351. The van der Waals surface area contributed by atoms with Gasteiger partial charge in [0.25, 0.3) is 0 Å². The maximum absolute atomic E-state index is 5.43. The van der Waals surface area contributed by atoms with Crippen LogP contribution in [0.3, 0.4) is 0 Å². The third-order valence-corrected chi connectivity index (χ3v) is 5.89. The quantitative estimate of drug-likeness (QED) is 0.0790. The summed E-state index contributed by atoms with van der Waals surface area (Å²) in [6.45, 7) is 6.64. The Labute approximate surface area is 224 Å². The highest BCUT2D eigenvalue weighted by Crippen LogP contribution is 2.10. The fourth-order valence-electron chi connectivity index (χ4n) is 3.63. The topological polar surface area (TPSA) is 234 Å². The second kappa shape index (κ2) is 26.3. The van der Waals surface area contributed by atoms with E-state index < -0.39 is 17.4 Å². The number of nitrogens with two attached hydrogens (primary N) is 9. The van der Waals surface area contributed by atoms with Gasteiger partial charge in [0.2, 0.25) is 0 Å². The zero-order valence-corrected chi connectivity index (χ0v) is 24.5. The first-order valence-corrected chi connectivity index (χ1v) is 14.8. The van der Waals surface area contributed by atoms with Crippen molar-refractivity contribution in [3.05, 3.63) is 0 Å². The summed E-state index contributed by atoms with van der Waals surface area (Å²) in [4.78, 5) is 0. The van der Waals surface area contributed by atoms with E-state index >= 15 is 0 Å². The first-order chi connectivity index (χ1) is 16.7. The molecule has 0 aromatic rings. The summed E-state index contributed by atoms with van der Waals surface area (Å²) < 4.78 is 0. The maximum atomic E-state index is 5.43. The van der Waals surface area contributed by atoms with Gasteiger partial charge in [0.1, 0.15) is 17.4 Å². The predicted octanol–water partition coefficient (Wildman–Crippen LogP) is 3.80. The van der Waals surface area contributed by atoms with Crippen molar-refractivity contribution in [2.45, 2.75) is 173 Å². The standard InChI is InChI=1S/3C9H23N3/c3*1-2-3-4-5-6-7-8-9(10,11)12/h3*2-8,10-12H2,1H3. The lowest BCUT2D eigenvalue weighted by molar-refractivity contribution is 0.400. The van der Waals surface area contributed by atoms with Crippen molar-refractivity contribution < 1.29 is 0 Å². The summed E-state index contributed by atoms with van der Waals surface area (Å²) in [7, 11) is 0. The molecule has 9 nitrogen and oxygen atoms in total. The molecule has 0 aliphatic heterocycles. The molecule has 0 radical (unpaired) electrons. The minimum Gasteiger partial charge on any atom is -0.301 e. The number of hydrogen-bond donors (Lipinski definition) is 9. The Morgan fingerprint density at radius 2 is 0.444 bits per heavy atom. The largest absolute Gasteiger partial charge is 0.301 e. The van der Waals surface area contributed by atoms with Crippen LogP contribution in [0.1, 0.15) is 156 Å². The van der Waals surface area contributed by atoms with Crippen molar-refractivity contribution in [1.29, 1.82) is 0 Å². The molecule has 0 aromatic heterocycles. The summed E-state index contributed by atoms with van der Waals surface area (Å²) in [5.74, 6) is -2.86. The van der Waals surface area contributed by atoms with E-state index in [0.717, 1.165) is 38.5 Å². The van der Waals surface area contributed by atoms with Crippen LogP contribution >= 0.6 is 0 Å². The summed E-state index contributed by atoms with van der Waals surface area (Å²) in [5, 5.41) is 0. The first-order valence-electron chi connectivity index (χ1n) is 14.8. The van der Waals surface area contributed by atoms with Gasteiger partial charge in [0.05, 0.1) is 0 Å². The Morgan fingerprint density at radius 1 is 0.278 bits per heavy atom. The molecule has 222 valence electrons. The molecule has 0 aliphatic rings. The van der Waals surface area contributed by atoms with Gasteiger partial charge < -0.3 is 51.6 Å². The maximum Gasteiger partial charge on any atom is 0.115 e. The normalized spacial score (nSPS) is 12.0. The van der Waals surface area contributed by atoms with Crippen molar-refractivity contribution in [3.63, 3.8) is 0 Å². The van der Waals surface area contributed by atoms with Gasteiger partial charge in [-0.25, -0.2) is 0 Å². The highest BCUT2D eigenvalue weighted by atomic mass is 15.1. The second-order valence-electron chi connectivity index (χ2n) is 10.9. The van der Waals surface area contributed by atoms with E-state index in [1.54, 1.807) is 0 Å². The van der Waals surface area contributed by atoms with Crippen LogP contribution in [0.2, 0.25) is 0 Å². The zero-order chi connectivity index (χ0) is 28.3. The molecular weight excluding hydrogens is 450 g/mol. The SMILES string of the molecule is CCCCCCCCC(N)(N)N.CCCCCCCCC(N)(N)N.CCCCCCCCC(N)(N)N. The molecule has 0 aliphatic carbocycles. The summed E-state index contributed by atoms with van der Waals surface area (Å²) in [6, 6.07) is 0. The van der Waals surface area contributed by atoms with Crippen molar-refractivity contribution in [1.82, 2.24) is 0 Å². The van der Waals surface area contributed by atoms with Crippen LogP contribution in [0.15, 0.2) is 0 Å². The Morgan fingerprint density at radius 3 is 0.611 bits per heavy atom. The monoisotopic (exact) mass is 520 g/mol. The summed E-state index contributed by atoms with van der Waals surface area (Å²) in [6.07, 6.45) is 24.6. The molecule has 0 amide bonds. The van der Waals surface area contributed by atoms with E-state index in [-0.39, 0.29) is 0 Å². The van der Waals surface area contributed by atoms with Crippen LogP contribution in [0.25, 0.3) is 0 Å². The zero-order valence-electron chi connectivity index (χ0n) is 24.5. The Balaban J connectivity index is -0.000000454. The van der Waals surface area contributed by atoms with Gasteiger partial charge in [-0.15, -0.1) is 0 Å². The molecule has 0 atom stereocenters. The number of hydrogen-bond acceptors (Lipinski definition) is 9. The minimum absolute atomic E-state index is 0.721.